The molecule has 0 bridgehead atoms. The van der Waals surface area contributed by atoms with Crippen LogP contribution in [0.4, 0.5) is 0 Å². The molecule has 0 unspecified atom stereocenters. The van der Waals surface area contributed by atoms with E-state index in [1.165, 1.54) is 19.2 Å². The van der Waals surface area contributed by atoms with Crippen LogP contribution < -0.4 is 10.0 Å². The summed E-state index contributed by atoms with van der Waals surface area (Å²) in [6, 6.07) is 2.75. The molecule has 1 aromatic rings. The summed E-state index contributed by atoms with van der Waals surface area (Å²) in [6.45, 7) is -1.35. The van der Waals surface area contributed by atoms with Crippen LogP contribution in [-0.2, 0) is 16.6 Å². The molecule has 0 saturated carbocycles. The smallest absolute Gasteiger partial charge is 0.273 e. The molecule has 5 N–H and O–H groups in total. The van der Waals surface area contributed by atoms with E-state index >= 15 is 0 Å². The number of rotatable bonds is 8. The van der Waals surface area contributed by atoms with E-state index < -0.39 is 35.4 Å². The lowest BCUT2D eigenvalue weighted by atomic mass is 10.0. The monoisotopic (exact) mass is 294 g/mol. The first-order valence-electron chi connectivity index (χ1n) is 5.53. The summed E-state index contributed by atoms with van der Waals surface area (Å²) in [7, 11) is -2.37. The molecule has 110 valence electrons. The van der Waals surface area contributed by atoms with Gasteiger partial charge in [0.2, 0.25) is 5.09 Å². The first kappa shape index (κ1) is 16.1. The Kier molecular flexibility index (Phi) is 5.47. The zero-order valence-corrected chi connectivity index (χ0v) is 11.3. The Morgan fingerprint density at radius 3 is 2.26 bits per heavy atom. The van der Waals surface area contributed by atoms with Crippen molar-refractivity contribution in [1.29, 1.82) is 0 Å². The second kappa shape index (κ2) is 6.46. The first-order valence-corrected chi connectivity index (χ1v) is 7.01. The number of hydrogen-bond acceptors (Lipinski definition) is 7. The average Bonchev–Trinajstić information content (AvgIpc) is 2.91. The number of hydrogen-bond donors (Lipinski definition) is 5. The van der Waals surface area contributed by atoms with Crippen molar-refractivity contribution in [2.24, 2.45) is 0 Å². The molecule has 8 nitrogen and oxygen atoms in total. The third-order valence-electron chi connectivity index (χ3n) is 2.72. The highest BCUT2D eigenvalue weighted by Gasteiger charge is 2.27. The van der Waals surface area contributed by atoms with Crippen molar-refractivity contribution < 1.29 is 28.2 Å². The Morgan fingerprint density at radius 2 is 1.79 bits per heavy atom. The molecule has 0 fully saturated rings. The van der Waals surface area contributed by atoms with E-state index in [1.807, 2.05) is 0 Å². The Hall–Kier alpha value is -0.970. The van der Waals surface area contributed by atoms with Crippen LogP contribution in [0.3, 0.4) is 0 Å². The van der Waals surface area contributed by atoms with Crippen LogP contribution in [0, 0.1) is 0 Å². The summed E-state index contributed by atoms with van der Waals surface area (Å²) in [5.41, 5.74) is -1.24. The molecule has 0 saturated heterocycles. The molecule has 1 rings (SSSR count). The molecule has 0 aliphatic rings. The molecule has 1 heterocycles. The fourth-order valence-corrected chi connectivity index (χ4v) is 1.96. The van der Waals surface area contributed by atoms with Gasteiger partial charge in [0.05, 0.1) is 31.9 Å². The molecular formula is C10H18N2O6S. The van der Waals surface area contributed by atoms with E-state index in [4.69, 9.17) is 19.7 Å². The number of aliphatic hydroxyl groups excluding tert-OH is 3. The van der Waals surface area contributed by atoms with Crippen molar-refractivity contribution in [3.05, 3.63) is 17.9 Å². The summed E-state index contributed by atoms with van der Waals surface area (Å²) in [5, 5.41) is 29.8. The maximum Gasteiger partial charge on any atom is 0.273 e. The van der Waals surface area contributed by atoms with Gasteiger partial charge >= 0.3 is 0 Å². The van der Waals surface area contributed by atoms with Crippen LogP contribution in [0.1, 0.15) is 5.76 Å². The average molecular weight is 294 g/mol. The summed E-state index contributed by atoms with van der Waals surface area (Å²) in [4.78, 5) is 0. The molecule has 9 heteroatoms. The normalized spacial score (nSPS) is 12.8. The fourth-order valence-electron chi connectivity index (χ4n) is 1.29. The fraction of sp³-hybridized carbons (Fsp3) is 0.600. The van der Waals surface area contributed by atoms with Crippen LogP contribution in [0.2, 0.25) is 0 Å². The Balaban J connectivity index is 2.75. The van der Waals surface area contributed by atoms with Gasteiger partial charge in [-0.15, -0.1) is 0 Å². The number of sulfonamides is 1. The molecule has 0 aromatic carbocycles. The van der Waals surface area contributed by atoms with Crippen molar-refractivity contribution in [2.75, 3.05) is 26.9 Å². The molecule has 0 aliphatic carbocycles. The highest BCUT2D eigenvalue weighted by Crippen LogP contribution is 2.14. The van der Waals surface area contributed by atoms with Gasteiger partial charge in [-0.1, -0.05) is 0 Å². The number of furan rings is 1. The predicted molar refractivity (Wildman–Crippen MR) is 65.8 cm³/mol. The zero-order valence-electron chi connectivity index (χ0n) is 10.5. The van der Waals surface area contributed by atoms with Crippen molar-refractivity contribution in [2.45, 2.75) is 17.2 Å². The lowest BCUT2D eigenvalue weighted by Gasteiger charge is -2.28. The molecule has 0 atom stereocenters. The molecule has 1 aromatic heterocycles. The van der Waals surface area contributed by atoms with Gasteiger partial charge in [0, 0.05) is 0 Å². The summed E-state index contributed by atoms with van der Waals surface area (Å²) >= 11 is 0. The van der Waals surface area contributed by atoms with E-state index in [-0.39, 0.29) is 11.6 Å². The molecule has 0 aliphatic heterocycles. The van der Waals surface area contributed by atoms with Crippen molar-refractivity contribution in [3.63, 3.8) is 0 Å². The summed E-state index contributed by atoms with van der Waals surface area (Å²) in [5.74, 6) is 0.300. The zero-order chi connectivity index (χ0) is 14.5. The van der Waals surface area contributed by atoms with Crippen molar-refractivity contribution in [3.8, 4) is 0 Å². The molecule has 0 amide bonds. The largest absolute Gasteiger partial charge is 0.447 e. The van der Waals surface area contributed by atoms with Crippen molar-refractivity contribution in [1.82, 2.24) is 10.0 Å². The third-order valence-corrected chi connectivity index (χ3v) is 4.00. The van der Waals surface area contributed by atoms with E-state index in [0.717, 1.165) is 0 Å². The van der Waals surface area contributed by atoms with Crippen LogP contribution in [0.15, 0.2) is 21.6 Å². The number of nitrogens with one attached hydrogen (secondary N) is 2. The standard InChI is InChI=1S/C10H18N2O6S/c1-11-19(16,17)9-3-2-8(18-9)4-12-10(5-13,6-14)7-15/h2-3,11-15H,4-7H2,1H3. The minimum atomic E-state index is -3.64. The van der Waals surface area contributed by atoms with Gasteiger partial charge in [0.1, 0.15) is 5.76 Å². The SMILES string of the molecule is CNS(=O)(=O)c1ccc(CNC(CO)(CO)CO)o1. The lowest BCUT2D eigenvalue weighted by Crippen LogP contribution is -2.54. The molecule has 0 spiro atoms. The Labute approximate surface area is 111 Å². The molecule has 0 radical (unpaired) electrons. The van der Waals surface area contributed by atoms with Gasteiger partial charge in [0.15, 0.2) is 0 Å². The van der Waals surface area contributed by atoms with Crippen LogP contribution in [-0.4, -0.2) is 56.1 Å². The maximum atomic E-state index is 11.4. The highest BCUT2D eigenvalue weighted by molar-refractivity contribution is 7.89. The van der Waals surface area contributed by atoms with Gasteiger partial charge in [-0.25, -0.2) is 13.1 Å². The molecular weight excluding hydrogens is 276 g/mol. The topological polar surface area (TPSA) is 132 Å². The predicted octanol–water partition coefficient (Wildman–Crippen LogP) is -2.01. The highest BCUT2D eigenvalue weighted by atomic mass is 32.2. The van der Waals surface area contributed by atoms with Gasteiger partial charge in [0.25, 0.3) is 10.0 Å². The van der Waals surface area contributed by atoms with Crippen LogP contribution in [0.5, 0.6) is 0 Å². The maximum absolute atomic E-state index is 11.4. The Bertz CT molecular complexity index is 486. The van der Waals surface area contributed by atoms with E-state index in [9.17, 15) is 8.42 Å². The molecule has 19 heavy (non-hydrogen) atoms. The minimum absolute atomic E-state index is 0.0565. The first-order chi connectivity index (χ1) is 8.93. The van der Waals surface area contributed by atoms with E-state index in [0.29, 0.717) is 5.76 Å². The van der Waals surface area contributed by atoms with Crippen LogP contribution >= 0.6 is 0 Å². The summed E-state index contributed by atoms with van der Waals surface area (Å²) in [6.07, 6.45) is 0. The second-order valence-corrected chi connectivity index (χ2v) is 5.85. The van der Waals surface area contributed by atoms with Gasteiger partial charge < -0.3 is 19.7 Å². The summed E-state index contributed by atoms with van der Waals surface area (Å²) < 4.78 is 30.1. The third kappa shape index (κ3) is 3.75. The van der Waals surface area contributed by atoms with Gasteiger partial charge in [-0.3, -0.25) is 5.32 Å². The number of aliphatic hydroxyl groups is 3. The van der Waals surface area contributed by atoms with Crippen LogP contribution in [0.25, 0.3) is 0 Å². The van der Waals surface area contributed by atoms with Crippen molar-refractivity contribution >= 4 is 10.0 Å². The van der Waals surface area contributed by atoms with E-state index in [2.05, 4.69) is 10.0 Å². The van der Waals surface area contributed by atoms with E-state index in [1.54, 1.807) is 0 Å². The van der Waals surface area contributed by atoms with Gasteiger partial charge in [-0.2, -0.15) is 0 Å². The Morgan fingerprint density at radius 1 is 1.21 bits per heavy atom. The quantitative estimate of drug-likeness (QED) is 0.374. The second-order valence-electron chi connectivity index (χ2n) is 4.04. The van der Waals surface area contributed by atoms with Gasteiger partial charge in [-0.05, 0) is 19.2 Å². The lowest BCUT2D eigenvalue weighted by molar-refractivity contribution is 0.0400. The minimum Gasteiger partial charge on any atom is -0.447 e.